The highest BCUT2D eigenvalue weighted by molar-refractivity contribution is 9.10. The first-order valence-corrected chi connectivity index (χ1v) is 7.67. The third kappa shape index (κ3) is 2.37. The number of thioether (sulfide) groups is 1. The summed E-state index contributed by atoms with van der Waals surface area (Å²) in [5, 5.41) is 9.28. The van der Waals surface area contributed by atoms with Gasteiger partial charge in [-0.25, -0.2) is 18.2 Å². The van der Waals surface area contributed by atoms with Crippen LogP contribution in [0.15, 0.2) is 27.7 Å². The summed E-state index contributed by atoms with van der Waals surface area (Å²) >= 11 is 3.74. The molecule has 0 amide bonds. The third-order valence-electron chi connectivity index (χ3n) is 3.69. The van der Waals surface area contributed by atoms with Gasteiger partial charge < -0.3 is 10.8 Å². The number of halogens is 4. The number of amidine groups is 1. The van der Waals surface area contributed by atoms with Crippen molar-refractivity contribution in [3.63, 3.8) is 0 Å². The number of rotatable bonds is 2. The topological polar surface area (TPSA) is 58.6 Å². The van der Waals surface area contributed by atoms with E-state index in [1.165, 1.54) is 19.1 Å². The van der Waals surface area contributed by atoms with E-state index in [1.807, 2.05) is 0 Å². The molecule has 0 bridgehead atoms. The Morgan fingerprint density at radius 2 is 2.00 bits per heavy atom. The van der Waals surface area contributed by atoms with Crippen LogP contribution in [0.4, 0.5) is 13.2 Å². The number of benzene rings is 1. The second-order valence-electron chi connectivity index (χ2n) is 5.21. The zero-order valence-corrected chi connectivity index (χ0v) is 13.7. The summed E-state index contributed by atoms with van der Waals surface area (Å²) in [5.41, 5.74) is 3.17. The molecule has 0 aromatic heterocycles. The van der Waals surface area contributed by atoms with Gasteiger partial charge in [-0.2, -0.15) is 0 Å². The molecule has 3 N–H and O–H groups in total. The monoisotopic (exact) mass is 382 g/mol. The standard InChI is InChI=1S/C13H14BrF3N2OS/c1-11(6-20)13(16,17)12(2,19-10(18)21-11)8-5-7(14)3-4-9(8)15/h3-5,20H,6H2,1-2H3,(H2,18,19)/t11-,12+/m0/s1. The van der Waals surface area contributed by atoms with Gasteiger partial charge in [-0.05, 0) is 32.0 Å². The summed E-state index contributed by atoms with van der Waals surface area (Å²) < 4.78 is 42.6. The summed E-state index contributed by atoms with van der Waals surface area (Å²) in [6.45, 7) is 1.50. The Labute approximate surface area is 132 Å². The van der Waals surface area contributed by atoms with E-state index < -0.39 is 28.6 Å². The fourth-order valence-electron chi connectivity index (χ4n) is 2.35. The van der Waals surface area contributed by atoms with E-state index >= 15 is 0 Å². The first-order valence-electron chi connectivity index (χ1n) is 6.06. The number of hydrogen-bond donors (Lipinski definition) is 2. The molecule has 0 saturated carbocycles. The van der Waals surface area contributed by atoms with Crippen LogP contribution >= 0.6 is 27.7 Å². The molecule has 21 heavy (non-hydrogen) atoms. The number of hydrogen-bond acceptors (Lipinski definition) is 4. The van der Waals surface area contributed by atoms with Crippen molar-refractivity contribution in [2.45, 2.75) is 30.1 Å². The molecule has 1 heterocycles. The fraction of sp³-hybridized carbons (Fsp3) is 0.462. The van der Waals surface area contributed by atoms with E-state index in [0.29, 0.717) is 16.2 Å². The number of nitrogens with zero attached hydrogens (tertiary/aromatic N) is 1. The van der Waals surface area contributed by atoms with Crippen LogP contribution in [0.2, 0.25) is 0 Å². The van der Waals surface area contributed by atoms with E-state index in [0.717, 1.165) is 13.0 Å². The summed E-state index contributed by atoms with van der Waals surface area (Å²) in [5.74, 6) is -4.31. The zero-order valence-electron chi connectivity index (χ0n) is 11.3. The number of alkyl halides is 2. The minimum atomic E-state index is -3.51. The second kappa shape index (κ2) is 5.17. The molecule has 0 saturated heterocycles. The van der Waals surface area contributed by atoms with Gasteiger partial charge in [0.25, 0.3) is 5.92 Å². The predicted molar refractivity (Wildman–Crippen MR) is 81.1 cm³/mol. The largest absolute Gasteiger partial charge is 0.395 e. The van der Waals surface area contributed by atoms with Gasteiger partial charge >= 0.3 is 0 Å². The molecular formula is C13H14BrF3N2OS. The fourth-order valence-corrected chi connectivity index (χ4v) is 3.80. The first-order chi connectivity index (χ1) is 9.57. The van der Waals surface area contributed by atoms with Crippen molar-refractivity contribution >= 4 is 32.9 Å². The van der Waals surface area contributed by atoms with E-state index in [-0.39, 0.29) is 10.7 Å². The van der Waals surface area contributed by atoms with Gasteiger partial charge in [0.2, 0.25) is 0 Å². The van der Waals surface area contributed by atoms with E-state index in [1.54, 1.807) is 0 Å². The molecule has 8 heteroatoms. The highest BCUT2D eigenvalue weighted by Gasteiger charge is 2.66. The molecule has 1 aromatic rings. The SMILES string of the molecule is C[C@@]1(CO)SC(N)=N[C@](C)(c2cc(Br)ccc2F)C1(F)F. The van der Waals surface area contributed by atoms with Crippen LogP contribution in [0.1, 0.15) is 19.4 Å². The average molecular weight is 383 g/mol. The van der Waals surface area contributed by atoms with Crippen LogP contribution in [-0.2, 0) is 5.54 Å². The number of aliphatic imine (C=N–C) groups is 1. The van der Waals surface area contributed by atoms with Crippen molar-refractivity contribution in [1.29, 1.82) is 0 Å². The third-order valence-corrected chi connectivity index (χ3v) is 5.32. The van der Waals surface area contributed by atoms with Gasteiger partial charge in [-0.3, -0.25) is 0 Å². The molecule has 0 fully saturated rings. The van der Waals surface area contributed by atoms with Crippen LogP contribution < -0.4 is 5.73 Å². The van der Waals surface area contributed by atoms with Crippen molar-refractivity contribution in [3.8, 4) is 0 Å². The van der Waals surface area contributed by atoms with Crippen LogP contribution in [-0.4, -0.2) is 27.6 Å². The van der Waals surface area contributed by atoms with Gasteiger partial charge in [-0.1, -0.05) is 27.7 Å². The maximum atomic E-state index is 14.9. The van der Waals surface area contributed by atoms with Crippen LogP contribution in [0.3, 0.4) is 0 Å². The molecule has 1 aromatic carbocycles. The molecule has 0 aliphatic carbocycles. The lowest BCUT2D eigenvalue weighted by molar-refractivity contribution is -0.111. The quantitative estimate of drug-likeness (QED) is 0.825. The van der Waals surface area contributed by atoms with Crippen molar-refractivity contribution in [2.24, 2.45) is 10.7 Å². The molecule has 116 valence electrons. The smallest absolute Gasteiger partial charge is 0.293 e. The Bertz CT molecular complexity index is 613. The number of nitrogens with two attached hydrogens (primary N) is 1. The maximum Gasteiger partial charge on any atom is 0.293 e. The van der Waals surface area contributed by atoms with Gasteiger partial charge in [0, 0.05) is 10.0 Å². The average Bonchev–Trinajstić information content (AvgIpc) is 2.39. The molecule has 1 aliphatic heterocycles. The lowest BCUT2D eigenvalue weighted by Gasteiger charge is -2.47. The minimum absolute atomic E-state index is 0.112. The molecule has 0 spiro atoms. The lowest BCUT2D eigenvalue weighted by Crippen LogP contribution is -2.61. The first kappa shape index (κ1) is 16.6. The van der Waals surface area contributed by atoms with Gasteiger partial charge in [0.05, 0.1) is 6.61 Å². The van der Waals surface area contributed by atoms with Gasteiger partial charge in [-0.15, -0.1) is 0 Å². The Kier molecular flexibility index (Phi) is 4.10. The Morgan fingerprint density at radius 3 is 2.57 bits per heavy atom. The summed E-state index contributed by atoms with van der Waals surface area (Å²) in [7, 11) is 0. The van der Waals surface area contributed by atoms with E-state index in [9.17, 15) is 18.3 Å². The maximum absolute atomic E-state index is 14.9. The zero-order chi connectivity index (χ0) is 16.1. The lowest BCUT2D eigenvalue weighted by atomic mass is 9.79. The summed E-state index contributed by atoms with van der Waals surface area (Å²) in [6.07, 6.45) is 0. The number of aliphatic hydroxyl groups is 1. The second-order valence-corrected chi connectivity index (χ2v) is 7.65. The molecule has 0 radical (unpaired) electrons. The van der Waals surface area contributed by atoms with E-state index in [2.05, 4.69) is 20.9 Å². The highest BCUT2D eigenvalue weighted by Crippen LogP contribution is 2.56. The molecule has 2 atom stereocenters. The predicted octanol–water partition coefficient (Wildman–Crippen LogP) is 3.25. The normalized spacial score (nSPS) is 31.9. The minimum Gasteiger partial charge on any atom is -0.395 e. The van der Waals surface area contributed by atoms with E-state index in [4.69, 9.17) is 5.73 Å². The molecule has 0 unspecified atom stereocenters. The molecular weight excluding hydrogens is 369 g/mol. The van der Waals surface area contributed by atoms with Crippen molar-refractivity contribution < 1.29 is 18.3 Å². The Hall–Kier alpha value is -0.730. The van der Waals surface area contributed by atoms with Crippen molar-refractivity contribution in [1.82, 2.24) is 0 Å². The highest BCUT2D eigenvalue weighted by atomic mass is 79.9. The van der Waals surface area contributed by atoms with Crippen molar-refractivity contribution in [2.75, 3.05) is 6.61 Å². The number of aliphatic hydroxyl groups excluding tert-OH is 1. The molecule has 2 rings (SSSR count). The Balaban J connectivity index is 2.74. The van der Waals surface area contributed by atoms with Crippen molar-refractivity contribution in [3.05, 3.63) is 34.1 Å². The van der Waals surface area contributed by atoms with Gasteiger partial charge in [0.15, 0.2) is 10.7 Å². The summed E-state index contributed by atoms with van der Waals surface area (Å²) in [4.78, 5) is 3.82. The van der Waals surface area contributed by atoms with Crippen LogP contribution in [0.5, 0.6) is 0 Å². The van der Waals surface area contributed by atoms with Gasteiger partial charge in [0.1, 0.15) is 10.6 Å². The molecule has 3 nitrogen and oxygen atoms in total. The van der Waals surface area contributed by atoms with Crippen LogP contribution in [0, 0.1) is 5.82 Å². The Morgan fingerprint density at radius 1 is 1.38 bits per heavy atom. The summed E-state index contributed by atoms with van der Waals surface area (Å²) in [6, 6.07) is 3.76. The molecule has 1 aliphatic rings. The van der Waals surface area contributed by atoms with Crippen LogP contribution in [0.25, 0.3) is 0 Å².